The normalized spacial score (nSPS) is 11.6. The van der Waals surface area contributed by atoms with Gasteiger partial charge in [-0.1, -0.05) is 0 Å². The number of nitrogens with one attached hydrogen (secondary N) is 2. The summed E-state index contributed by atoms with van der Waals surface area (Å²) >= 11 is 3.80. The molecule has 1 unspecified atom stereocenters. The van der Waals surface area contributed by atoms with Crippen LogP contribution in [-0.2, 0) is 4.79 Å². The van der Waals surface area contributed by atoms with Gasteiger partial charge in [-0.2, -0.15) is 12.6 Å². The Hall–Kier alpha value is -1.76. The lowest BCUT2D eigenvalue weighted by molar-refractivity contribution is -0.138. The summed E-state index contributed by atoms with van der Waals surface area (Å²) in [7, 11) is 0. The fraction of sp³-hybridized carbons (Fsp3) is 0.200. The standard InChI is InChI=1S/C10H11FN2O3S/c11-6-1-3-7(4-2-6)12-10(16)13-8(5-17)9(14)15/h1-4,8,17H,5H2,(H,14,15)(H2,12,13,16). The zero-order valence-electron chi connectivity index (χ0n) is 8.68. The van der Waals surface area contributed by atoms with Crippen LogP contribution in [-0.4, -0.2) is 28.9 Å². The molecule has 1 aromatic carbocycles. The van der Waals surface area contributed by atoms with E-state index in [-0.39, 0.29) is 5.75 Å². The van der Waals surface area contributed by atoms with Crippen LogP contribution in [0.2, 0.25) is 0 Å². The first-order chi connectivity index (χ1) is 8.02. The van der Waals surface area contributed by atoms with E-state index in [1.54, 1.807) is 0 Å². The molecular formula is C10H11FN2O3S. The second-order valence-corrected chi connectivity index (χ2v) is 3.54. The summed E-state index contributed by atoms with van der Waals surface area (Å²) in [5, 5.41) is 13.3. The van der Waals surface area contributed by atoms with E-state index in [0.717, 1.165) is 0 Å². The number of urea groups is 1. The van der Waals surface area contributed by atoms with Gasteiger partial charge >= 0.3 is 12.0 Å². The predicted molar refractivity (Wildman–Crippen MR) is 63.8 cm³/mol. The molecule has 1 atom stereocenters. The number of carbonyl (C=O) groups excluding carboxylic acids is 1. The van der Waals surface area contributed by atoms with Crippen molar-refractivity contribution in [2.24, 2.45) is 0 Å². The van der Waals surface area contributed by atoms with Crippen LogP contribution in [0.4, 0.5) is 14.9 Å². The second kappa shape index (κ2) is 6.09. The highest BCUT2D eigenvalue weighted by molar-refractivity contribution is 7.80. The Morgan fingerprint density at radius 1 is 1.35 bits per heavy atom. The summed E-state index contributed by atoms with van der Waals surface area (Å²) in [4.78, 5) is 22.0. The molecule has 1 aromatic rings. The maximum absolute atomic E-state index is 12.6. The first kappa shape index (κ1) is 13.3. The number of hydrogen-bond donors (Lipinski definition) is 4. The van der Waals surface area contributed by atoms with Gasteiger partial charge in [0.1, 0.15) is 11.9 Å². The molecule has 0 saturated heterocycles. The molecule has 17 heavy (non-hydrogen) atoms. The van der Waals surface area contributed by atoms with Crippen molar-refractivity contribution in [1.29, 1.82) is 0 Å². The highest BCUT2D eigenvalue weighted by Gasteiger charge is 2.17. The molecule has 0 heterocycles. The summed E-state index contributed by atoms with van der Waals surface area (Å²) in [5.41, 5.74) is 0.368. The minimum atomic E-state index is -1.17. The van der Waals surface area contributed by atoms with Gasteiger partial charge in [-0.15, -0.1) is 0 Å². The molecule has 0 aliphatic carbocycles. The fourth-order valence-corrected chi connectivity index (χ4v) is 1.29. The smallest absolute Gasteiger partial charge is 0.327 e. The number of carbonyl (C=O) groups is 2. The molecule has 2 amide bonds. The number of rotatable bonds is 4. The van der Waals surface area contributed by atoms with Gasteiger partial charge in [0.25, 0.3) is 0 Å². The first-order valence-electron chi connectivity index (χ1n) is 4.69. The summed E-state index contributed by atoms with van der Waals surface area (Å²) in [6.45, 7) is 0. The van der Waals surface area contributed by atoms with Crippen LogP contribution in [0.3, 0.4) is 0 Å². The van der Waals surface area contributed by atoms with E-state index in [1.165, 1.54) is 24.3 Å². The van der Waals surface area contributed by atoms with Crippen molar-refractivity contribution in [1.82, 2.24) is 5.32 Å². The highest BCUT2D eigenvalue weighted by Crippen LogP contribution is 2.07. The molecule has 0 aliphatic rings. The largest absolute Gasteiger partial charge is 0.480 e. The lowest BCUT2D eigenvalue weighted by Gasteiger charge is -2.12. The summed E-state index contributed by atoms with van der Waals surface area (Å²) in [6, 6.07) is 3.35. The topological polar surface area (TPSA) is 78.4 Å². The van der Waals surface area contributed by atoms with E-state index in [1.807, 2.05) is 0 Å². The highest BCUT2D eigenvalue weighted by atomic mass is 32.1. The van der Waals surface area contributed by atoms with Gasteiger partial charge in [-0.25, -0.2) is 14.0 Å². The predicted octanol–water partition coefficient (Wildman–Crippen LogP) is 1.33. The number of carboxylic acid groups (broad SMARTS) is 1. The van der Waals surface area contributed by atoms with Crippen molar-refractivity contribution in [3.8, 4) is 0 Å². The number of aliphatic carboxylic acids is 1. The van der Waals surface area contributed by atoms with E-state index in [9.17, 15) is 14.0 Å². The maximum Gasteiger partial charge on any atom is 0.327 e. The van der Waals surface area contributed by atoms with Crippen molar-refractivity contribution in [3.63, 3.8) is 0 Å². The molecule has 3 N–H and O–H groups in total. The number of carboxylic acids is 1. The average Bonchev–Trinajstić information content (AvgIpc) is 2.28. The Labute approximate surface area is 102 Å². The van der Waals surface area contributed by atoms with Crippen LogP contribution in [0.25, 0.3) is 0 Å². The molecule has 1 rings (SSSR count). The number of amides is 2. The van der Waals surface area contributed by atoms with Crippen molar-refractivity contribution < 1.29 is 19.1 Å². The van der Waals surface area contributed by atoms with Crippen molar-refractivity contribution in [3.05, 3.63) is 30.1 Å². The molecule has 0 fully saturated rings. The van der Waals surface area contributed by atoms with Gasteiger partial charge in [-0.05, 0) is 24.3 Å². The van der Waals surface area contributed by atoms with Crippen LogP contribution in [0, 0.1) is 5.82 Å². The Kier molecular flexibility index (Phi) is 4.77. The Balaban J connectivity index is 2.54. The van der Waals surface area contributed by atoms with Crippen LogP contribution < -0.4 is 10.6 Å². The van der Waals surface area contributed by atoms with Crippen LogP contribution in [0.15, 0.2) is 24.3 Å². The zero-order chi connectivity index (χ0) is 12.8. The van der Waals surface area contributed by atoms with Gasteiger partial charge in [0.15, 0.2) is 0 Å². The van der Waals surface area contributed by atoms with E-state index >= 15 is 0 Å². The number of hydrogen-bond acceptors (Lipinski definition) is 3. The minimum absolute atomic E-state index is 0.0217. The Bertz CT molecular complexity index is 411. The van der Waals surface area contributed by atoms with Crippen molar-refractivity contribution in [2.45, 2.75) is 6.04 Å². The Morgan fingerprint density at radius 3 is 2.41 bits per heavy atom. The van der Waals surface area contributed by atoms with Crippen molar-refractivity contribution >= 4 is 30.3 Å². The minimum Gasteiger partial charge on any atom is -0.480 e. The molecule has 0 spiro atoms. The molecule has 0 radical (unpaired) electrons. The number of anilines is 1. The lowest BCUT2D eigenvalue weighted by atomic mass is 10.3. The summed E-state index contributed by atoms with van der Waals surface area (Å²) in [5.74, 6) is -1.62. The molecular weight excluding hydrogens is 247 g/mol. The van der Waals surface area contributed by atoms with E-state index in [2.05, 4.69) is 23.3 Å². The number of halogens is 1. The molecule has 0 bridgehead atoms. The van der Waals surface area contributed by atoms with Crippen LogP contribution in [0.1, 0.15) is 0 Å². The third kappa shape index (κ3) is 4.31. The quantitative estimate of drug-likeness (QED) is 0.615. The molecule has 0 saturated carbocycles. The van der Waals surface area contributed by atoms with Gasteiger partial charge in [0, 0.05) is 11.4 Å². The van der Waals surface area contributed by atoms with Gasteiger partial charge in [0.05, 0.1) is 0 Å². The summed E-state index contributed by atoms with van der Waals surface area (Å²) in [6.07, 6.45) is 0. The fourth-order valence-electron chi connectivity index (χ4n) is 1.04. The molecule has 0 aromatic heterocycles. The third-order valence-corrected chi connectivity index (χ3v) is 2.25. The van der Waals surface area contributed by atoms with Crippen LogP contribution >= 0.6 is 12.6 Å². The summed E-state index contributed by atoms with van der Waals surface area (Å²) < 4.78 is 12.6. The second-order valence-electron chi connectivity index (χ2n) is 3.18. The van der Waals surface area contributed by atoms with E-state index < -0.39 is 23.9 Å². The third-order valence-electron chi connectivity index (χ3n) is 1.89. The number of benzene rings is 1. The monoisotopic (exact) mass is 258 g/mol. The SMILES string of the molecule is O=C(Nc1ccc(F)cc1)NC(CS)C(=O)O. The molecule has 92 valence electrons. The van der Waals surface area contributed by atoms with E-state index in [0.29, 0.717) is 5.69 Å². The van der Waals surface area contributed by atoms with Crippen molar-refractivity contribution in [2.75, 3.05) is 11.1 Å². The molecule has 0 aliphatic heterocycles. The van der Waals surface area contributed by atoms with Gasteiger partial charge in [0.2, 0.25) is 0 Å². The first-order valence-corrected chi connectivity index (χ1v) is 5.33. The van der Waals surface area contributed by atoms with Gasteiger partial charge < -0.3 is 15.7 Å². The number of thiol groups is 1. The molecule has 7 heteroatoms. The lowest BCUT2D eigenvalue weighted by Crippen LogP contribution is -2.44. The van der Waals surface area contributed by atoms with Crippen LogP contribution in [0.5, 0.6) is 0 Å². The average molecular weight is 258 g/mol. The van der Waals surface area contributed by atoms with Gasteiger partial charge in [-0.3, -0.25) is 0 Å². The Morgan fingerprint density at radius 2 is 1.94 bits per heavy atom. The van der Waals surface area contributed by atoms with E-state index in [4.69, 9.17) is 5.11 Å². The maximum atomic E-state index is 12.6. The zero-order valence-corrected chi connectivity index (χ0v) is 9.58. The molecule has 5 nitrogen and oxygen atoms in total.